The van der Waals surface area contributed by atoms with Crippen molar-refractivity contribution in [1.29, 1.82) is 0 Å². The summed E-state index contributed by atoms with van der Waals surface area (Å²) >= 11 is 0. The zero-order valence-corrected chi connectivity index (χ0v) is 8.88. The number of likely N-dealkylation sites (N-methyl/N-ethyl adjacent to an activating group) is 1. The van der Waals surface area contributed by atoms with Crippen LogP contribution in [0.5, 0.6) is 0 Å². The van der Waals surface area contributed by atoms with Crippen molar-refractivity contribution in [2.24, 2.45) is 0 Å². The third-order valence-corrected chi connectivity index (χ3v) is 2.66. The van der Waals surface area contributed by atoms with Crippen LogP contribution in [0.2, 0.25) is 0 Å². The predicted molar refractivity (Wildman–Crippen MR) is 54.0 cm³/mol. The summed E-state index contributed by atoms with van der Waals surface area (Å²) in [6.45, 7) is 3.24. The van der Waals surface area contributed by atoms with Crippen LogP contribution in [0.15, 0.2) is 0 Å². The van der Waals surface area contributed by atoms with Crippen LogP contribution in [0.25, 0.3) is 0 Å². The zero-order valence-electron chi connectivity index (χ0n) is 8.88. The molecule has 0 radical (unpaired) electrons. The lowest BCUT2D eigenvalue weighted by molar-refractivity contribution is -0.125. The molecule has 1 atom stereocenters. The highest BCUT2D eigenvalue weighted by Crippen LogP contribution is 2.17. The molecule has 80 valence electrons. The quantitative estimate of drug-likeness (QED) is 0.701. The van der Waals surface area contributed by atoms with Crippen molar-refractivity contribution in [2.45, 2.75) is 32.2 Å². The van der Waals surface area contributed by atoms with Gasteiger partial charge in [-0.1, -0.05) is 0 Å². The first-order chi connectivity index (χ1) is 6.65. The van der Waals surface area contributed by atoms with E-state index in [1.165, 1.54) is 0 Å². The van der Waals surface area contributed by atoms with E-state index in [1.807, 2.05) is 0 Å². The normalized spacial score (nSPS) is 22.3. The van der Waals surface area contributed by atoms with Crippen LogP contribution in [-0.4, -0.2) is 42.8 Å². The number of carbonyl (C=O) groups is 2. The molecule has 1 unspecified atom stereocenters. The largest absolute Gasteiger partial charge is 0.358 e. The minimum Gasteiger partial charge on any atom is -0.358 e. The summed E-state index contributed by atoms with van der Waals surface area (Å²) in [5.74, 6) is 0.263. The third kappa shape index (κ3) is 2.80. The van der Waals surface area contributed by atoms with Crippen LogP contribution in [-0.2, 0) is 9.59 Å². The molecule has 1 heterocycles. The van der Waals surface area contributed by atoms with Gasteiger partial charge >= 0.3 is 0 Å². The number of amides is 1. The van der Waals surface area contributed by atoms with E-state index in [-0.39, 0.29) is 17.7 Å². The molecular formula is C10H18N2O2. The maximum atomic E-state index is 11.4. The van der Waals surface area contributed by atoms with Gasteiger partial charge in [-0.2, -0.15) is 0 Å². The number of hydrogen-bond donors (Lipinski definition) is 1. The molecule has 0 aliphatic carbocycles. The van der Waals surface area contributed by atoms with Crippen molar-refractivity contribution in [3.05, 3.63) is 0 Å². The van der Waals surface area contributed by atoms with Gasteiger partial charge in [0.2, 0.25) is 5.91 Å². The molecule has 4 nitrogen and oxygen atoms in total. The number of ketones is 1. The molecule has 0 aromatic heterocycles. The van der Waals surface area contributed by atoms with E-state index in [4.69, 9.17) is 0 Å². The Hall–Kier alpha value is -0.900. The zero-order chi connectivity index (χ0) is 10.6. The van der Waals surface area contributed by atoms with Gasteiger partial charge in [0.05, 0.1) is 6.04 Å². The predicted octanol–water partition coefficient (Wildman–Crippen LogP) is 0.176. The number of Topliss-reactive ketones (excluding diaryl/α,β-unsaturated/α-hetero) is 1. The van der Waals surface area contributed by atoms with Crippen molar-refractivity contribution in [3.63, 3.8) is 0 Å². The first-order valence-corrected chi connectivity index (χ1v) is 5.10. The monoisotopic (exact) mass is 198 g/mol. The van der Waals surface area contributed by atoms with E-state index in [9.17, 15) is 9.59 Å². The Balaban J connectivity index is 2.42. The first-order valence-electron chi connectivity index (χ1n) is 5.10. The Bertz CT molecular complexity index is 228. The lowest BCUT2D eigenvalue weighted by Crippen LogP contribution is -2.42. The molecule has 1 rings (SSSR count). The molecule has 0 aromatic rings. The number of rotatable bonds is 4. The van der Waals surface area contributed by atoms with E-state index in [0.29, 0.717) is 13.0 Å². The standard InChI is InChI=1S/C10H18N2O2/c1-8(13)5-7-12-6-3-4-9(12)10(14)11-2/h9H,3-7H2,1-2H3,(H,11,14). The molecule has 0 saturated carbocycles. The lowest BCUT2D eigenvalue weighted by Gasteiger charge is -2.22. The summed E-state index contributed by atoms with van der Waals surface area (Å²) in [5, 5.41) is 2.66. The van der Waals surface area contributed by atoms with Crippen molar-refractivity contribution in [2.75, 3.05) is 20.1 Å². The average Bonchev–Trinajstić information content (AvgIpc) is 2.61. The average molecular weight is 198 g/mol. The van der Waals surface area contributed by atoms with Gasteiger partial charge in [-0.3, -0.25) is 14.5 Å². The van der Waals surface area contributed by atoms with Gasteiger partial charge in [-0.05, 0) is 26.3 Å². The second-order valence-corrected chi connectivity index (χ2v) is 3.76. The summed E-state index contributed by atoms with van der Waals surface area (Å²) in [6.07, 6.45) is 2.51. The molecule has 0 bridgehead atoms. The minimum atomic E-state index is -0.0145. The van der Waals surface area contributed by atoms with Gasteiger partial charge in [-0.25, -0.2) is 0 Å². The Kier molecular flexibility index (Phi) is 4.07. The summed E-state index contributed by atoms with van der Waals surface area (Å²) < 4.78 is 0. The van der Waals surface area contributed by atoms with Crippen LogP contribution < -0.4 is 5.32 Å². The second kappa shape index (κ2) is 5.10. The highest BCUT2D eigenvalue weighted by Gasteiger charge is 2.29. The van der Waals surface area contributed by atoms with Crippen molar-refractivity contribution >= 4 is 11.7 Å². The number of nitrogens with zero attached hydrogens (tertiary/aromatic N) is 1. The minimum absolute atomic E-state index is 0.0145. The fraction of sp³-hybridized carbons (Fsp3) is 0.800. The van der Waals surface area contributed by atoms with Crippen molar-refractivity contribution in [1.82, 2.24) is 10.2 Å². The molecule has 0 aromatic carbocycles. The summed E-state index contributed by atoms with van der Waals surface area (Å²) in [4.78, 5) is 24.3. The van der Waals surface area contributed by atoms with Gasteiger partial charge in [0.25, 0.3) is 0 Å². The van der Waals surface area contributed by atoms with Crippen molar-refractivity contribution in [3.8, 4) is 0 Å². The molecule has 1 aliphatic rings. The van der Waals surface area contributed by atoms with Gasteiger partial charge in [0, 0.05) is 20.0 Å². The number of hydrogen-bond acceptors (Lipinski definition) is 3. The Morgan fingerprint density at radius 3 is 2.79 bits per heavy atom. The van der Waals surface area contributed by atoms with Gasteiger partial charge in [0.15, 0.2) is 0 Å². The third-order valence-electron chi connectivity index (χ3n) is 2.66. The highest BCUT2D eigenvalue weighted by atomic mass is 16.2. The summed E-state index contributed by atoms with van der Waals surface area (Å²) in [5.41, 5.74) is 0. The van der Waals surface area contributed by atoms with Crippen molar-refractivity contribution < 1.29 is 9.59 Å². The molecule has 14 heavy (non-hydrogen) atoms. The molecule has 1 N–H and O–H groups in total. The van der Waals surface area contributed by atoms with E-state index in [1.54, 1.807) is 14.0 Å². The van der Waals surface area contributed by atoms with E-state index >= 15 is 0 Å². The van der Waals surface area contributed by atoms with E-state index < -0.39 is 0 Å². The molecule has 1 amide bonds. The maximum Gasteiger partial charge on any atom is 0.237 e. The summed E-state index contributed by atoms with van der Waals surface area (Å²) in [6, 6.07) is -0.0145. The van der Waals surface area contributed by atoms with Crippen LogP contribution in [0, 0.1) is 0 Å². The Morgan fingerprint density at radius 1 is 1.50 bits per heavy atom. The fourth-order valence-corrected chi connectivity index (χ4v) is 1.86. The van der Waals surface area contributed by atoms with Gasteiger partial charge in [0.1, 0.15) is 5.78 Å². The maximum absolute atomic E-state index is 11.4. The van der Waals surface area contributed by atoms with Crippen LogP contribution >= 0.6 is 0 Å². The fourth-order valence-electron chi connectivity index (χ4n) is 1.86. The Labute approximate surface area is 84.7 Å². The second-order valence-electron chi connectivity index (χ2n) is 3.76. The lowest BCUT2D eigenvalue weighted by atomic mass is 10.2. The molecule has 1 saturated heterocycles. The summed E-state index contributed by atoms with van der Waals surface area (Å²) in [7, 11) is 1.66. The number of likely N-dealkylation sites (tertiary alicyclic amines) is 1. The molecule has 4 heteroatoms. The van der Waals surface area contributed by atoms with Gasteiger partial charge in [-0.15, -0.1) is 0 Å². The van der Waals surface area contributed by atoms with E-state index in [0.717, 1.165) is 19.4 Å². The molecule has 1 aliphatic heterocycles. The molecular weight excluding hydrogens is 180 g/mol. The molecule has 1 fully saturated rings. The van der Waals surface area contributed by atoms with Crippen LogP contribution in [0.1, 0.15) is 26.2 Å². The SMILES string of the molecule is CNC(=O)C1CCCN1CCC(C)=O. The van der Waals surface area contributed by atoms with Gasteiger partial charge < -0.3 is 5.32 Å². The smallest absolute Gasteiger partial charge is 0.237 e. The highest BCUT2D eigenvalue weighted by molar-refractivity contribution is 5.82. The Morgan fingerprint density at radius 2 is 2.21 bits per heavy atom. The number of carbonyl (C=O) groups excluding carboxylic acids is 2. The van der Waals surface area contributed by atoms with E-state index in [2.05, 4.69) is 10.2 Å². The van der Waals surface area contributed by atoms with Crippen LogP contribution in [0.4, 0.5) is 0 Å². The first kappa shape index (κ1) is 11.2. The molecule has 0 spiro atoms. The van der Waals surface area contributed by atoms with Crippen LogP contribution in [0.3, 0.4) is 0 Å². The topological polar surface area (TPSA) is 49.4 Å². The number of nitrogens with one attached hydrogen (secondary N) is 1.